The van der Waals surface area contributed by atoms with Gasteiger partial charge in [0.1, 0.15) is 16.4 Å². The van der Waals surface area contributed by atoms with Crippen molar-refractivity contribution in [1.29, 1.82) is 0 Å². The van der Waals surface area contributed by atoms with Crippen molar-refractivity contribution in [2.45, 2.75) is 19.9 Å². The molecular formula is C20H18N6S. The standard InChI is InChI=1S/C20H18N6S/c1-13-10-20(27-23-13)25-9-7-18-19(12-25)26(24-22-18)14(2)15-5-6-17-16(11-15)4-3-8-21-17/h3-12,14,24H,1-2H3/t14-/m0/s1. The Kier molecular flexibility index (Phi) is 3.68. The Labute approximate surface area is 161 Å². The minimum absolute atomic E-state index is 0.110. The van der Waals surface area contributed by atoms with Gasteiger partial charge in [-0.15, -0.1) is 0 Å². The molecule has 0 saturated heterocycles. The fourth-order valence-corrected chi connectivity index (χ4v) is 4.05. The molecule has 2 aliphatic rings. The molecule has 0 radical (unpaired) electrons. The first-order valence-corrected chi connectivity index (χ1v) is 9.56. The monoisotopic (exact) mass is 374 g/mol. The zero-order valence-corrected chi connectivity index (χ0v) is 15.8. The molecule has 0 aliphatic carbocycles. The first-order valence-electron chi connectivity index (χ1n) is 8.78. The number of nitrogens with zero attached hydrogens (tertiary/aromatic N) is 5. The Balaban J connectivity index is 1.47. The maximum absolute atomic E-state index is 4.47. The van der Waals surface area contributed by atoms with Crippen LogP contribution in [0.15, 0.2) is 71.9 Å². The number of allylic oxidation sites excluding steroid dienone is 1. The molecule has 7 heteroatoms. The van der Waals surface area contributed by atoms with Crippen molar-refractivity contribution in [3.63, 3.8) is 0 Å². The van der Waals surface area contributed by atoms with Crippen LogP contribution in [-0.2, 0) is 0 Å². The van der Waals surface area contributed by atoms with Gasteiger partial charge in [-0.25, -0.2) is 5.53 Å². The number of hydrazone groups is 1. The number of nitrogens with one attached hydrogen (secondary N) is 1. The van der Waals surface area contributed by atoms with E-state index >= 15 is 0 Å². The van der Waals surface area contributed by atoms with E-state index < -0.39 is 0 Å². The van der Waals surface area contributed by atoms with Crippen molar-refractivity contribution in [3.05, 3.63) is 78.0 Å². The van der Waals surface area contributed by atoms with E-state index in [4.69, 9.17) is 0 Å². The number of hydrazine groups is 1. The van der Waals surface area contributed by atoms with Crippen LogP contribution in [0.25, 0.3) is 10.9 Å². The van der Waals surface area contributed by atoms with E-state index in [2.05, 4.69) is 73.4 Å². The second-order valence-electron chi connectivity index (χ2n) is 6.64. The summed E-state index contributed by atoms with van der Waals surface area (Å²) in [6.45, 7) is 4.18. The van der Waals surface area contributed by atoms with E-state index in [-0.39, 0.29) is 6.04 Å². The summed E-state index contributed by atoms with van der Waals surface area (Å²) in [7, 11) is 0. The van der Waals surface area contributed by atoms with Gasteiger partial charge in [-0.1, -0.05) is 12.1 Å². The molecule has 1 aromatic carbocycles. The van der Waals surface area contributed by atoms with Crippen LogP contribution in [0.5, 0.6) is 0 Å². The predicted octanol–water partition coefficient (Wildman–Crippen LogP) is 4.11. The molecule has 27 heavy (non-hydrogen) atoms. The Morgan fingerprint density at radius 2 is 2.11 bits per heavy atom. The number of aromatic nitrogens is 2. The maximum Gasteiger partial charge on any atom is 0.120 e. The van der Waals surface area contributed by atoms with Crippen LogP contribution in [0.3, 0.4) is 0 Å². The summed E-state index contributed by atoms with van der Waals surface area (Å²) in [5.41, 5.74) is 8.38. The fraction of sp³-hybridized carbons (Fsp3) is 0.150. The van der Waals surface area contributed by atoms with Crippen LogP contribution in [0, 0.1) is 6.92 Å². The minimum atomic E-state index is 0.110. The fourth-order valence-electron chi connectivity index (χ4n) is 3.33. The summed E-state index contributed by atoms with van der Waals surface area (Å²) in [5, 5.41) is 8.79. The smallest absolute Gasteiger partial charge is 0.120 e. The molecule has 6 nitrogen and oxygen atoms in total. The number of rotatable bonds is 3. The second kappa shape index (κ2) is 6.21. The number of anilines is 1. The molecular weight excluding hydrogens is 356 g/mol. The average Bonchev–Trinajstić information content (AvgIpc) is 3.32. The number of aryl methyl sites for hydroxylation is 1. The second-order valence-corrected chi connectivity index (χ2v) is 7.43. The highest BCUT2D eigenvalue weighted by Gasteiger charge is 2.29. The van der Waals surface area contributed by atoms with E-state index in [0.717, 1.165) is 33.0 Å². The van der Waals surface area contributed by atoms with Crippen molar-refractivity contribution < 1.29 is 0 Å². The summed E-state index contributed by atoms with van der Waals surface area (Å²) in [6, 6.07) is 12.6. The largest absolute Gasteiger partial charge is 0.312 e. The highest BCUT2D eigenvalue weighted by atomic mass is 32.1. The van der Waals surface area contributed by atoms with E-state index in [9.17, 15) is 0 Å². The lowest BCUT2D eigenvalue weighted by Crippen LogP contribution is -2.34. The van der Waals surface area contributed by atoms with Crippen LogP contribution in [0.4, 0.5) is 5.00 Å². The number of hydrogen-bond acceptors (Lipinski definition) is 7. The molecule has 2 aromatic heterocycles. The quantitative estimate of drug-likeness (QED) is 0.748. The first-order chi connectivity index (χ1) is 13.2. The van der Waals surface area contributed by atoms with Crippen LogP contribution < -0.4 is 10.4 Å². The molecule has 4 heterocycles. The van der Waals surface area contributed by atoms with Crippen LogP contribution >= 0.6 is 11.5 Å². The minimum Gasteiger partial charge on any atom is -0.312 e. The van der Waals surface area contributed by atoms with Gasteiger partial charge in [0.15, 0.2) is 0 Å². The lowest BCUT2D eigenvalue weighted by molar-refractivity contribution is 0.217. The van der Waals surface area contributed by atoms with Gasteiger partial charge in [0, 0.05) is 24.0 Å². The lowest BCUT2D eigenvalue weighted by atomic mass is 10.0. The Morgan fingerprint density at radius 1 is 1.19 bits per heavy atom. The average molecular weight is 374 g/mol. The Morgan fingerprint density at radius 3 is 2.96 bits per heavy atom. The van der Waals surface area contributed by atoms with E-state index in [1.165, 1.54) is 17.1 Å². The molecule has 0 saturated carbocycles. The zero-order valence-electron chi connectivity index (χ0n) is 15.0. The van der Waals surface area contributed by atoms with Crippen LogP contribution in [0.1, 0.15) is 24.2 Å². The molecule has 5 rings (SSSR count). The van der Waals surface area contributed by atoms with Gasteiger partial charge in [-0.2, -0.15) is 9.47 Å². The molecule has 0 spiro atoms. The van der Waals surface area contributed by atoms with Gasteiger partial charge >= 0.3 is 0 Å². The highest BCUT2D eigenvalue weighted by molar-refractivity contribution is 7.10. The summed E-state index contributed by atoms with van der Waals surface area (Å²) < 4.78 is 4.38. The maximum atomic E-state index is 4.47. The highest BCUT2D eigenvalue weighted by Crippen LogP contribution is 2.32. The predicted molar refractivity (Wildman–Crippen MR) is 109 cm³/mol. The molecule has 134 valence electrons. The normalized spacial score (nSPS) is 16.8. The molecule has 1 N–H and O–H groups in total. The molecule has 2 aliphatic heterocycles. The van der Waals surface area contributed by atoms with Crippen LogP contribution in [-0.4, -0.2) is 20.1 Å². The van der Waals surface area contributed by atoms with Crippen LogP contribution in [0.2, 0.25) is 0 Å². The van der Waals surface area contributed by atoms with Gasteiger partial charge < -0.3 is 4.90 Å². The SMILES string of the molecule is Cc1cc(N2C=CC3=NNN([C@@H](C)c4ccc5ncccc5c4)C3=C2)sn1. The number of pyridine rings is 1. The Hall–Kier alpha value is -3.19. The molecule has 0 amide bonds. The van der Waals surface area contributed by atoms with Gasteiger partial charge in [0.25, 0.3) is 0 Å². The number of hydrogen-bond donors (Lipinski definition) is 1. The molecule has 0 unspecified atom stereocenters. The molecule has 0 fully saturated rings. The van der Waals surface area contributed by atoms with Crippen molar-refractivity contribution in [1.82, 2.24) is 19.9 Å². The zero-order chi connectivity index (χ0) is 18.4. The summed E-state index contributed by atoms with van der Waals surface area (Å²) >= 11 is 1.49. The van der Waals surface area contributed by atoms with Gasteiger partial charge in [0.05, 0.1) is 17.3 Å². The van der Waals surface area contributed by atoms with E-state index in [1.54, 1.807) is 0 Å². The number of benzene rings is 1. The third kappa shape index (κ3) is 2.76. The Bertz CT molecular complexity index is 1110. The molecule has 1 atom stereocenters. The van der Waals surface area contributed by atoms with E-state index in [0.29, 0.717) is 0 Å². The van der Waals surface area contributed by atoms with Crippen molar-refractivity contribution >= 4 is 33.1 Å². The van der Waals surface area contributed by atoms with E-state index in [1.807, 2.05) is 31.5 Å². The number of fused-ring (bicyclic) bond motifs is 2. The third-order valence-corrected chi connectivity index (χ3v) is 5.72. The van der Waals surface area contributed by atoms with Crippen molar-refractivity contribution in [2.24, 2.45) is 5.10 Å². The van der Waals surface area contributed by atoms with Crippen molar-refractivity contribution in [2.75, 3.05) is 4.90 Å². The van der Waals surface area contributed by atoms with Gasteiger partial charge in [-0.05, 0) is 61.3 Å². The molecule has 3 aromatic rings. The third-order valence-electron chi connectivity index (χ3n) is 4.82. The van der Waals surface area contributed by atoms with Gasteiger partial charge in [0.2, 0.25) is 0 Å². The summed E-state index contributed by atoms with van der Waals surface area (Å²) in [6.07, 6.45) is 7.97. The van der Waals surface area contributed by atoms with Gasteiger partial charge in [-0.3, -0.25) is 9.99 Å². The molecule has 0 bridgehead atoms. The first kappa shape index (κ1) is 16.0. The lowest BCUT2D eigenvalue weighted by Gasteiger charge is -2.29. The van der Waals surface area contributed by atoms with Crippen molar-refractivity contribution in [3.8, 4) is 0 Å². The summed E-state index contributed by atoms with van der Waals surface area (Å²) in [5.74, 6) is 0. The topological polar surface area (TPSA) is 56.6 Å². The summed E-state index contributed by atoms with van der Waals surface area (Å²) in [4.78, 5) is 6.50.